The summed E-state index contributed by atoms with van der Waals surface area (Å²) in [5.41, 5.74) is 1.91. The molecule has 1 aliphatic carbocycles. The van der Waals surface area contributed by atoms with Crippen LogP contribution in [0.5, 0.6) is 0 Å². The van der Waals surface area contributed by atoms with Crippen molar-refractivity contribution in [2.75, 3.05) is 5.32 Å². The predicted octanol–water partition coefficient (Wildman–Crippen LogP) is 4.08. The summed E-state index contributed by atoms with van der Waals surface area (Å²) in [4.78, 5) is 12.1. The third-order valence-electron chi connectivity index (χ3n) is 3.44. The summed E-state index contributed by atoms with van der Waals surface area (Å²) < 4.78 is 6.52. The largest absolute Gasteiger partial charge is 0.469 e. The zero-order valence-corrected chi connectivity index (χ0v) is 13.0. The van der Waals surface area contributed by atoms with Crippen molar-refractivity contribution in [2.45, 2.75) is 25.3 Å². The maximum absolute atomic E-state index is 12.1. The van der Waals surface area contributed by atoms with Gasteiger partial charge in [-0.3, -0.25) is 0 Å². The molecule has 1 aliphatic rings. The molecule has 5 heteroatoms. The molecule has 1 aromatic carbocycles. The van der Waals surface area contributed by atoms with Gasteiger partial charge in [0.05, 0.1) is 12.3 Å². The number of carbonyl (C=O) groups excluding carboxylic acids is 1. The first kappa shape index (κ1) is 13.5. The van der Waals surface area contributed by atoms with Gasteiger partial charge in [0.15, 0.2) is 0 Å². The smallest absolute Gasteiger partial charge is 0.319 e. The van der Waals surface area contributed by atoms with E-state index in [0.717, 1.165) is 39.8 Å². The number of hydrogen-bond acceptors (Lipinski definition) is 2. The Labute approximate surface area is 131 Å². The van der Waals surface area contributed by atoms with Crippen LogP contribution in [-0.4, -0.2) is 6.03 Å². The Morgan fingerprint density at radius 1 is 1.35 bits per heavy atom. The zero-order valence-electron chi connectivity index (χ0n) is 10.9. The number of aryl methyl sites for hydroxylation is 1. The van der Waals surface area contributed by atoms with Gasteiger partial charge in [0, 0.05) is 21.2 Å². The Kier molecular flexibility index (Phi) is 3.95. The average molecular weight is 382 g/mol. The second-order valence-electron chi connectivity index (χ2n) is 4.85. The Hall–Kier alpha value is -1.50. The third-order valence-corrected chi connectivity index (χ3v) is 4.11. The maximum atomic E-state index is 12.1. The molecule has 0 radical (unpaired) electrons. The topological polar surface area (TPSA) is 54.3 Å². The normalized spacial score (nSPS) is 17.4. The summed E-state index contributed by atoms with van der Waals surface area (Å²) in [6.45, 7) is 0. The molecular formula is C15H15IN2O2. The number of benzene rings is 1. The van der Waals surface area contributed by atoms with E-state index in [4.69, 9.17) is 4.42 Å². The van der Waals surface area contributed by atoms with Crippen LogP contribution in [0.4, 0.5) is 10.5 Å². The van der Waals surface area contributed by atoms with E-state index in [1.165, 1.54) is 0 Å². The molecule has 2 aromatic rings. The molecule has 1 heterocycles. The van der Waals surface area contributed by atoms with E-state index >= 15 is 0 Å². The molecule has 0 aliphatic heterocycles. The van der Waals surface area contributed by atoms with Gasteiger partial charge in [0.2, 0.25) is 0 Å². The fraction of sp³-hybridized carbons (Fsp3) is 0.267. The van der Waals surface area contributed by atoms with E-state index in [0.29, 0.717) is 0 Å². The van der Waals surface area contributed by atoms with Gasteiger partial charge < -0.3 is 15.1 Å². The molecule has 4 nitrogen and oxygen atoms in total. The monoisotopic (exact) mass is 382 g/mol. The lowest BCUT2D eigenvalue weighted by molar-refractivity contribution is 0.246. The van der Waals surface area contributed by atoms with E-state index in [2.05, 4.69) is 33.2 Å². The third kappa shape index (κ3) is 2.98. The molecule has 1 atom stereocenters. The van der Waals surface area contributed by atoms with Crippen LogP contribution in [0.25, 0.3) is 0 Å². The molecule has 2 N–H and O–H groups in total. The van der Waals surface area contributed by atoms with Crippen molar-refractivity contribution >= 4 is 34.3 Å². The van der Waals surface area contributed by atoms with Crippen LogP contribution in [0.15, 0.2) is 41.0 Å². The van der Waals surface area contributed by atoms with Crippen molar-refractivity contribution < 1.29 is 9.21 Å². The number of furan rings is 1. The van der Waals surface area contributed by atoms with Crippen LogP contribution in [0.1, 0.15) is 30.2 Å². The molecule has 104 valence electrons. The molecule has 20 heavy (non-hydrogen) atoms. The summed E-state index contributed by atoms with van der Waals surface area (Å²) in [5, 5.41) is 5.88. The van der Waals surface area contributed by atoms with Crippen molar-refractivity contribution in [3.05, 3.63) is 51.5 Å². The number of anilines is 1. The van der Waals surface area contributed by atoms with Gasteiger partial charge >= 0.3 is 6.03 Å². The minimum Gasteiger partial charge on any atom is -0.469 e. The summed E-state index contributed by atoms with van der Waals surface area (Å²) in [7, 11) is 0. The second-order valence-corrected chi connectivity index (χ2v) is 6.10. The van der Waals surface area contributed by atoms with Crippen molar-refractivity contribution in [3.8, 4) is 0 Å². The molecule has 0 bridgehead atoms. The minimum atomic E-state index is -0.175. The molecule has 1 unspecified atom stereocenters. The standard InChI is InChI=1S/C15H15IN2O2/c16-10-3-1-4-11(9-10)17-15(19)18-13-5-2-6-14-12(13)7-8-20-14/h1,3-4,7-9,13H,2,5-6H2,(H2,17,18,19). The van der Waals surface area contributed by atoms with E-state index < -0.39 is 0 Å². The fourth-order valence-electron chi connectivity index (χ4n) is 2.53. The van der Waals surface area contributed by atoms with Crippen LogP contribution >= 0.6 is 22.6 Å². The fourth-order valence-corrected chi connectivity index (χ4v) is 3.07. The highest BCUT2D eigenvalue weighted by Crippen LogP contribution is 2.30. The van der Waals surface area contributed by atoms with Gasteiger partial charge in [0.1, 0.15) is 5.76 Å². The molecule has 0 fully saturated rings. The number of fused-ring (bicyclic) bond motifs is 1. The van der Waals surface area contributed by atoms with Crippen molar-refractivity contribution in [1.82, 2.24) is 5.32 Å². The van der Waals surface area contributed by atoms with E-state index in [1.807, 2.05) is 30.3 Å². The number of urea groups is 1. The Bertz CT molecular complexity index is 624. The molecule has 0 spiro atoms. The van der Waals surface area contributed by atoms with Crippen molar-refractivity contribution in [2.24, 2.45) is 0 Å². The first-order valence-electron chi connectivity index (χ1n) is 6.62. The maximum Gasteiger partial charge on any atom is 0.319 e. The van der Waals surface area contributed by atoms with Crippen LogP contribution < -0.4 is 10.6 Å². The predicted molar refractivity (Wildman–Crippen MR) is 85.7 cm³/mol. The van der Waals surface area contributed by atoms with Gasteiger partial charge in [-0.05, 0) is 59.7 Å². The molecule has 0 saturated heterocycles. The van der Waals surface area contributed by atoms with Crippen LogP contribution in [0.2, 0.25) is 0 Å². The second kappa shape index (κ2) is 5.87. The summed E-state index contributed by atoms with van der Waals surface area (Å²) in [6.07, 6.45) is 4.64. The number of halogens is 1. The first-order chi connectivity index (χ1) is 9.72. The molecule has 2 amide bonds. The van der Waals surface area contributed by atoms with Crippen LogP contribution in [-0.2, 0) is 6.42 Å². The Morgan fingerprint density at radius 2 is 2.25 bits per heavy atom. The van der Waals surface area contributed by atoms with Gasteiger partial charge in [-0.2, -0.15) is 0 Å². The lowest BCUT2D eigenvalue weighted by Gasteiger charge is -2.22. The van der Waals surface area contributed by atoms with Gasteiger partial charge in [0.25, 0.3) is 0 Å². The van der Waals surface area contributed by atoms with Crippen molar-refractivity contribution in [3.63, 3.8) is 0 Å². The van der Waals surface area contributed by atoms with Crippen LogP contribution in [0.3, 0.4) is 0 Å². The highest BCUT2D eigenvalue weighted by Gasteiger charge is 2.23. The number of amides is 2. The number of rotatable bonds is 2. The number of hydrogen-bond donors (Lipinski definition) is 2. The number of nitrogens with one attached hydrogen (secondary N) is 2. The van der Waals surface area contributed by atoms with E-state index in [1.54, 1.807) is 6.26 Å². The molecule has 1 aromatic heterocycles. The van der Waals surface area contributed by atoms with Crippen molar-refractivity contribution in [1.29, 1.82) is 0 Å². The summed E-state index contributed by atoms with van der Waals surface area (Å²) in [6, 6.07) is 9.54. The first-order valence-corrected chi connectivity index (χ1v) is 7.69. The highest BCUT2D eigenvalue weighted by atomic mass is 127. The van der Waals surface area contributed by atoms with Gasteiger partial charge in [-0.1, -0.05) is 6.07 Å². The Balaban J connectivity index is 1.66. The Morgan fingerprint density at radius 3 is 3.10 bits per heavy atom. The molecule has 0 saturated carbocycles. The van der Waals surface area contributed by atoms with Crippen LogP contribution in [0, 0.1) is 3.57 Å². The van der Waals surface area contributed by atoms with Gasteiger partial charge in [-0.15, -0.1) is 0 Å². The zero-order chi connectivity index (χ0) is 13.9. The number of carbonyl (C=O) groups is 1. The van der Waals surface area contributed by atoms with E-state index in [9.17, 15) is 4.79 Å². The average Bonchev–Trinajstić information content (AvgIpc) is 2.88. The highest BCUT2D eigenvalue weighted by molar-refractivity contribution is 14.1. The SMILES string of the molecule is O=C(Nc1cccc(I)c1)NC1CCCc2occc21. The van der Waals surface area contributed by atoms with Gasteiger partial charge in [-0.25, -0.2) is 4.79 Å². The summed E-state index contributed by atoms with van der Waals surface area (Å²) in [5.74, 6) is 0.996. The molecular weight excluding hydrogens is 367 g/mol. The summed E-state index contributed by atoms with van der Waals surface area (Å²) >= 11 is 2.22. The quantitative estimate of drug-likeness (QED) is 0.769. The lowest BCUT2D eigenvalue weighted by Crippen LogP contribution is -2.34. The minimum absolute atomic E-state index is 0.0419. The van der Waals surface area contributed by atoms with E-state index in [-0.39, 0.29) is 12.1 Å². The molecule has 3 rings (SSSR count). The lowest BCUT2D eigenvalue weighted by atomic mass is 9.93.